The standard InChI is InChI=1S/C11H17N3O4/c1-4-14(5-2)6-7-8(10(16)17)12-11(18)13(3)9(7)15/h4-6H2,1-3H3,(H,12,18)(H,16,17). The Kier molecular flexibility index (Phi) is 4.43. The predicted octanol–water partition coefficient (Wildman–Crippen LogP) is -0.386. The van der Waals surface area contributed by atoms with Crippen LogP contribution in [0.5, 0.6) is 0 Å². The minimum atomic E-state index is -1.30. The van der Waals surface area contributed by atoms with Crippen molar-refractivity contribution in [3.63, 3.8) is 0 Å². The third kappa shape index (κ3) is 2.67. The number of carboxylic acids is 1. The van der Waals surface area contributed by atoms with Crippen LogP contribution < -0.4 is 11.2 Å². The second-order valence-electron chi connectivity index (χ2n) is 3.91. The van der Waals surface area contributed by atoms with Crippen molar-refractivity contribution in [1.82, 2.24) is 14.5 Å². The lowest BCUT2D eigenvalue weighted by Crippen LogP contribution is -2.40. The highest BCUT2D eigenvalue weighted by Gasteiger charge is 2.19. The molecule has 0 amide bonds. The van der Waals surface area contributed by atoms with Crippen LogP contribution in [0.25, 0.3) is 0 Å². The van der Waals surface area contributed by atoms with Crippen LogP contribution in [0, 0.1) is 0 Å². The number of aromatic amines is 1. The average molecular weight is 255 g/mol. The van der Waals surface area contributed by atoms with Crippen LogP contribution in [0.15, 0.2) is 9.59 Å². The molecule has 0 atom stereocenters. The van der Waals surface area contributed by atoms with Crippen molar-refractivity contribution in [2.24, 2.45) is 7.05 Å². The number of carboxylic acid groups (broad SMARTS) is 1. The van der Waals surface area contributed by atoms with Gasteiger partial charge in [-0.2, -0.15) is 0 Å². The fraction of sp³-hybridized carbons (Fsp3) is 0.545. The van der Waals surface area contributed by atoms with Gasteiger partial charge in [-0.05, 0) is 13.1 Å². The van der Waals surface area contributed by atoms with Crippen LogP contribution in [0.4, 0.5) is 0 Å². The SMILES string of the molecule is CCN(CC)Cc1c(C(=O)O)[nH]c(=O)n(C)c1=O. The molecule has 0 aliphatic heterocycles. The van der Waals surface area contributed by atoms with Crippen molar-refractivity contribution < 1.29 is 9.90 Å². The minimum Gasteiger partial charge on any atom is -0.477 e. The molecule has 1 aromatic heterocycles. The average Bonchev–Trinajstić information content (AvgIpc) is 2.34. The molecule has 7 heteroatoms. The molecule has 2 N–H and O–H groups in total. The van der Waals surface area contributed by atoms with Crippen LogP contribution in [0.1, 0.15) is 29.9 Å². The summed E-state index contributed by atoms with van der Waals surface area (Å²) in [6, 6.07) is 0. The predicted molar refractivity (Wildman–Crippen MR) is 65.9 cm³/mol. The Morgan fingerprint density at radius 1 is 1.33 bits per heavy atom. The Balaban J connectivity index is 3.40. The van der Waals surface area contributed by atoms with Crippen molar-refractivity contribution >= 4 is 5.97 Å². The van der Waals surface area contributed by atoms with Crippen LogP contribution in [-0.2, 0) is 13.6 Å². The molecule has 0 saturated carbocycles. The lowest BCUT2D eigenvalue weighted by atomic mass is 10.2. The molecule has 18 heavy (non-hydrogen) atoms. The largest absolute Gasteiger partial charge is 0.477 e. The summed E-state index contributed by atoms with van der Waals surface area (Å²) in [4.78, 5) is 38.5. The number of carbonyl (C=O) groups is 1. The van der Waals surface area contributed by atoms with Gasteiger partial charge >= 0.3 is 11.7 Å². The number of rotatable bonds is 5. The Bertz CT molecular complexity index is 554. The second-order valence-corrected chi connectivity index (χ2v) is 3.91. The summed E-state index contributed by atoms with van der Waals surface area (Å²) >= 11 is 0. The molecule has 1 aromatic rings. The summed E-state index contributed by atoms with van der Waals surface area (Å²) < 4.78 is 0.880. The Hall–Kier alpha value is -1.89. The molecule has 0 spiro atoms. The van der Waals surface area contributed by atoms with Gasteiger partial charge in [-0.25, -0.2) is 9.59 Å². The lowest BCUT2D eigenvalue weighted by Gasteiger charge is -2.18. The van der Waals surface area contributed by atoms with Crippen molar-refractivity contribution in [3.8, 4) is 0 Å². The maximum atomic E-state index is 11.9. The van der Waals surface area contributed by atoms with Gasteiger partial charge in [0.15, 0.2) is 0 Å². The number of aromatic carboxylic acids is 1. The summed E-state index contributed by atoms with van der Waals surface area (Å²) in [5.41, 5.74) is -1.51. The minimum absolute atomic E-state index is 0.105. The van der Waals surface area contributed by atoms with E-state index in [1.807, 2.05) is 18.7 Å². The number of nitrogens with zero attached hydrogens (tertiary/aromatic N) is 2. The fourth-order valence-electron chi connectivity index (χ4n) is 1.67. The molecule has 0 aliphatic carbocycles. The van der Waals surface area contributed by atoms with E-state index in [9.17, 15) is 14.4 Å². The number of nitrogens with one attached hydrogen (secondary N) is 1. The van der Waals surface area contributed by atoms with E-state index in [-0.39, 0.29) is 17.8 Å². The molecule has 0 saturated heterocycles. The van der Waals surface area contributed by atoms with Gasteiger partial charge in [0.25, 0.3) is 5.56 Å². The molecule has 0 aliphatic rings. The number of hydrogen-bond acceptors (Lipinski definition) is 4. The summed E-state index contributed by atoms with van der Waals surface area (Å²) in [7, 11) is 1.32. The Morgan fingerprint density at radius 2 is 1.89 bits per heavy atom. The first kappa shape index (κ1) is 14.2. The highest BCUT2D eigenvalue weighted by atomic mass is 16.4. The van der Waals surface area contributed by atoms with E-state index in [0.29, 0.717) is 13.1 Å². The smallest absolute Gasteiger partial charge is 0.352 e. The molecular weight excluding hydrogens is 238 g/mol. The quantitative estimate of drug-likeness (QED) is 0.747. The maximum absolute atomic E-state index is 11.9. The van der Waals surface area contributed by atoms with E-state index in [0.717, 1.165) is 4.57 Å². The van der Waals surface area contributed by atoms with Crippen molar-refractivity contribution in [2.45, 2.75) is 20.4 Å². The highest BCUT2D eigenvalue weighted by molar-refractivity contribution is 5.86. The van der Waals surface area contributed by atoms with E-state index in [4.69, 9.17) is 5.11 Å². The first-order chi connectivity index (χ1) is 8.42. The van der Waals surface area contributed by atoms with Gasteiger partial charge in [0, 0.05) is 13.6 Å². The first-order valence-electron chi connectivity index (χ1n) is 5.70. The van der Waals surface area contributed by atoms with Gasteiger partial charge in [0.1, 0.15) is 5.69 Å². The van der Waals surface area contributed by atoms with Crippen molar-refractivity contribution in [3.05, 3.63) is 32.1 Å². The number of aromatic nitrogens is 2. The van der Waals surface area contributed by atoms with E-state index < -0.39 is 17.2 Å². The highest BCUT2D eigenvalue weighted by Crippen LogP contribution is 2.03. The molecule has 0 fully saturated rings. The monoisotopic (exact) mass is 255 g/mol. The van der Waals surface area contributed by atoms with E-state index in [1.165, 1.54) is 7.05 Å². The van der Waals surface area contributed by atoms with Gasteiger partial charge in [-0.15, -0.1) is 0 Å². The lowest BCUT2D eigenvalue weighted by molar-refractivity contribution is 0.0686. The molecular formula is C11H17N3O4. The van der Waals surface area contributed by atoms with Crippen LogP contribution >= 0.6 is 0 Å². The molecule has 0 unspecified atom stereocenters. The van der Waals surface area contributed by atoms with Gasteiger partial charge in [-0.1, -0.05) is 13.8 Å². The van der Waals surface area contributed by atoms with E-state index in [1.54, 1.807) is 0 Å². The Morgan fingerprint density at radius 3 is 2.33 bits per heavy atom. The van der Waals surface area contributed by atoms with Gasteiger partial charge in [0.2, 0.25) is 0 Å². The summed E-state index contributed by atoms with van der Waals surface area (Å²) in [6.07, 6.45) is 0. The first-order valence-corrected chi connectivity index (χ1v) is 5.70. The third-order valence-corrected chi connectivity index (χ3v) is 2.89. The topological polar surface area (TPSA) is 95.4 Å². The normalized spacial score (nSPS) is 10.9. The van der Waals surface area contributed by atoms with Crippen LogP contribution in [0.2, 0.25) is 0 Å². The van der Waals surface area contributed by atoms with Gasteiger partial charge in [0.05, 0.1) is 5.56 Å². The second kappa shape index (κ2) is 5.63. The molecule has 0 bridgehead atoms. The van der Waals surface area contributed by atoms with Gasteiger partial charge in [-0.3, -0.25) is 14.3 Å². The summed E-state index contributed by atoms with van der Waals surface area (Å²) in [5.74, 6) is -1.30. The van der Waals surface area contributed by atoms with Gasteiger partial charge < -0.3 is 10.1 Å². The zero-order chi connectivity index (χ0) is 13.9. The molecule has 7 nitrogen and oxygen atoms in total. The van der Waals surface area contributed by atoms with Crippen molar-refractivity contribution in [1.29, 1.82) is 0 Å². The molecule has 0 aromatic carbocycles. The van der Waals surface area contributed by atoms with Crippen molar-refractivity contribution in [2.75, 3.05) is 13.1 Å². The maximum Gasteiger partial charge on any atom is 0.352 e. The third-order valence-electron chi connectivity index (χ3n) is 2.89. The summed E-state index contributed by atoms with van der Waals surface area (Å²) in [6.45, 7) is 5.42. The molecule has 1 heterocycles. The van der Waals surface area contributed by atoms with Crippen LogP contribution in [-0.4, -0.2) is 38.6 Å². The number of H-pyrrole nitrogens is 1. The summed E-state index contributed by atoms with van der Waals surface area (Å²) in [5, 5.41) is 9.03. The van der Waals surface area contributed by atoms with E-state index in [2.05, 4.69) is 4.98 Å². The fourth-order valence-corrected chi connectivity index (χ4v) is 1.67. The molecule has 1 rings (SSSR count). The zero-order valence-electron chi connectivity index (χ0n) is 10.7. The molecule has 100 valence electrons. The van der Waals surface area contributed by atoms with E-state index >= 15 is 0 Å². The van der Waals surface area contributed by atoms with Crippen LogP contribution in [0.3, 0.4) is 0 Å². The Labute approximate surface area is 104 Å². The zero-order valence-corrected chi connectivity index (χ0v) is 10.7. The molecule has 0 radical (unpaired) electrons. The number of hydrogen-bond donors (Lipinski definition) is 2.